The van der Waals surface area contributed by atoms with Crippen LogP contribution in [0.2, 0.25) is 5.02 Å². The Morgan fingerprint density at radius 2 is 1.88 bits per heavy atom. The molecule has 1 unspecified atom stereocenters. The van der Waals surface area contributed by atoms with Crippen LogP contribution in [0, 0.1) is 10.1 Å². The van der Waals surface area contributed by atoms with Crippen LogP contribution >= 0.6 is 23.4 Å². The van der Waals surface area contributed by atoms with E-state index >= 15 is 0 Å². The number of hydrogen-bond donors (Lipinski definition) is 0. The highest BCUT2D eigenvalue weighted by Gasteiger charge is 2.15. The monoisotopic (exact) mass is 373 g/mol. The third-order valence-corrected chi connectivity index (χ3v) is 5.35. The van der Waals surface area contributed by atoms with Gasteiger partial charge in [0, 0.05) is 47.1 Å². The largest absolute Gasteiger partial charge is 0.336 e. The van der Waals surface area contributed by atoms with E-state index in [1.807, 2.05) is 47.2 Å². The molecule has 1 aromatic heterocycles. The molecule has 0 amide bonds. The number of hydrogen-bond acceptors (Lipinski definition) is 4. The third kappa shape index (κ3) is 4.84. The number of nitro groups is 1. The number of aromatic nitrogens is 2. The van der Waals surface area contributed by atoms with Crippen LogP contribution < -0.4 is 0 Å². The molecule has 7 heteroatoms. The lowest BCUT2D eigenvalue weighted by molar-refractivity contribution is -0.384. The normalized spacial score (nSPS) is 12.0. The predicted molar refractivity (Wildman–Crippen MR) is 101 cm³/mol. The van der Waals surface area contributed by atoms with Crippen molar-refractivity contribution in [2.75, 3.05) is 0 Å². The maximum atomic E-state index is 10.9. The van der Waals surface area contributed by atoms with Crippen LogP contribution in [-0.4, -0.2) is 14.5 Å². The topological polar surface area (TPSA) is 61.0 Å². The van der Waals surface area contributed by atoms with E-state index in [0.717, 1.165) is 22.9 Å². The number of nitrogens with zero attached hydrogens (tertiary/aromatic N) is 3. The number of thioether (sulfide) groups is 1. The van der Waals surface area contributed by atoms with Gasteiger partial charge in [-0.2, -0.15) is 0 Å². The average Bonchev–Trinajstić information content (AvgIpc) is 3.13. The van der Waals surface area contributed by atoms with Gasteiger partial charge in [0.25, 0.3) is 5.69 Å². The molecule has 5 nitrogen and oxygen atoms in total. The van der Waals surface area contributed by atoms with Gasteiger partial charge in [-0.3, -0.25) is 10.1 Å². The fraction of sp³-hybridized carbons (Fsp3) is 0.167. The van der Waals surface area contributed by atoms with E-state index in [9.17, 15) is 10.1 Å². The van der Waals surface area contributed by atoms with E-state index in [1.165, 1.54) is 5.56 Å². The van der Waals surface area contributed by atoms with Gasteiger partial charge in [-0.25, -0.2) is 4.98 Å². The molecule has 128 valence electrons. The van der Waals surface area contributed by atoms with Crippen molar-refractivity contribution in [3.63, 3.8) is 0 Å². The molecule has 0 saturated carbocycles. The molecule has 0 fully saturated rings. The van der Waals surface area contributed by atoms with Crippen molar-refractivity contribution in [1.29, 1.82) is 0 Å². The van der Waals surface area contributed by atoms with Gasteiger partial charge in [0.2, 0.25) is 0 Å². The van der Waals surface area contributed by atoms with E-state index in [2.05, 4.69) is 4.98 Å². The van der Waals surface area contributed by atoms with Crippen LogP contribution in [0.5, 0.6) is 0 Å². The quantitative estimate of drug-likeness (QED) is 0.426. The molecule has 0 aliphatic heterocycles. The zero-order valence-corrected chi connectivity index (χ0v) is 14.9. The summed E-state index contributed by atoms with van der Waals surface area (Å²) < 4.78 is 2.01. The lowest BCUT2D eigenvalue weighted by Crippen LogP contribution is -2.05. The second kappa shape index (κ2) is 8.18. The first kappa shape index (κ1) is 17.5. The van der Waals surface area contributed by atoms with Gasteiger partial charge in [-0.1, -0.05) is 35.9 Å². The lowest BCUT2D eigenvalue weighted by Gasteiger charge is -2.18. The Balaban J connectivity index is 1.76. The van der Waals surface area contributed by atoms with E-state index in [0.29, 0.717) is 0 Å². The maximum Gasteiger partial charge on any atom is 0.269 e. The van der Waals surface area contributed by atoms with E-state index in [4.69, 9.17) is 11.6 Å². The molecule has 0 radical (unpaired) electrons. The van der Waals surface area contributed by atoms with Gasteiger partial charge in [0.05, 0.1) is 11.3 Å². The second-order valence-corrected chi connectivity index (χ2v) is 7.16. The zero-order chi connectivity index (χ0) is 17.6. The molecule has 2 aromatic carbocycles. The summed E-state index contributed by atoms with van der Waals surface area (Å²) in [6.07, 6.45) is 5.44. The van der Waals surface area contributed by atoms with Crippen molar-refractivity contribution < 1.29 is 4.92 Å². The van der Waals surface area contributed by atoms with Crippen molar-refractivity contribution in [2.24, 2.45) is 0 Å². The molecular formula is C18H16ClN3O2S. The first-order valence-corrected chi connectivity index (χ1v) is 9.10. The van der Waals surface area contributed by atoms with Crippen molar-refractivity contribution in [1.82, 2.24) is 9.55 Å². The molecule has 0 N–H and O–H groups in total. The number of benzene rings is 2. The molecule has 0 aliphatic carbocycles. The van der Waals surface area contributed by atoms with Crippen LogP contribution in [0.4, 0.5) is 5.69 Å². The minimum Gasteiger partial charge on any atom is -0.336 e. The molecule has 1 atom stereocenters. The molecule has 3 rings (SSSR count). The number of non-ortho nitro benzene ring substituents is 1. The Hall–Kier alpha value is -2.31. The van der Waals surface area contributed by atoms with Crippen molar-refractivity contribution in [2.45, 2.75) is 17.5 Å². The first-order chi connectivity index (χ1) is 12.1. The first-order valence-electron chi connectivity index (χ1n) is 7.68. The smallest absolute Gasteiger partial charge is 0.269 e. The van der Waals surface area contributed by atoms with Crippen LogP contribution in [0.3, 0.4) is 0 Å². The van der Waals surface area contributed by atoms with Gasteiger partial charge in [-0.15, -0.1) is 11.8 Å². The fourth-order valence-electron chi connectivity index (χ4n) is 2.43. The maximum absolute atomic E-state index is 10.9. The summed E-state index contributed by atoms with van der Waals surface area (Å²) in [6.45, 7) is 0.746. The summed E-state index contributed by atoms with van der Waals surface area (Å²) in [5, 5.41) is 11.7. The highest BCUT2D eigenvalue weighted by molar-refractivity contribution is 7.98. The van der Waals surface area contributed by atoms with Crippen LogP contribution in [-0.2, 0) is 12.3 Å². The van der Waals surface area contributed by atoms with Crippen LogP contribution in [0.15, 0.2) is 67.3 Å². The number of halogens is 1. The molecular weight excluding hydrogens is 358 g/mol. The van der Waals surface area contributed by atoms with Gasteiger partial charge >= 0.3 is 0 Å². The molecule has 3 aromatic rings. The summed E-state index contributed by atoms with van der Waals surface area (Å²) in [4.78, 5) is 14.6. The summed E-state index contributed by atoms with van der Waals surface area (Å²) in [5.74, 6) is 0.827. The van der Waals surface area contributed by atoms with Crippen molar-refractivity contribution in [3.8, 4) is 0 Å². The van der Waals surface area contributed by atoms with E-state index in [-0.39, 0.29) is 15.9 Å². The second-order valence-electron chi connectivity index (χ2n) is 5.53. The van der Waals surface area contributed by atoms with Crippen molar-refractivity contribution >= 4 is 29.1 Å². The summed E-state index contributed by atoms with van der Waals surface area (Å²) in [7, 11) is 0. The predicted octanol–water partition coefficient (Wildman–Crippen LogP) is 5.12. The zero-order valence-electron chi connectivity index (χ0n) is 13.3. The van der Waals surface area contributed by atoms with E-state index in [1.54, 1.807) is 36.4 Å². The minimum absolute atomic E-state index is 0.104. The molecule has 0 bridgehead atoms. The molecule has 0 spiro atoms. The Morgan fingerprint density at radius 3 is 2.48 bits per heavy atom. The fourth-order valence-corrected chi connectivity index (χ4v) is 3.77. The number of rotatable bonds is 7. The van der Waals surface area contributed by atoms with Crippen molar-refractivity contribution in [3.05, 3.63) is 93.5 Å². The Labute approximate surface area is 154 Å². The van der Waals surface area contributed by atoms with Crippen LogP contribution in [0.1, 0.15) is 16.4 Å². The number of imidazole rings is 1. The average molecular weight is 374 g/mol. The Kier molecular flexibility index (Phi) is 5.73. The molecule has 0 aliphatic rings. The minimum atomic E-state index is -0.379. The van der Waals surface area contributed by atoms with Gasteiger partial charge in [0.1, 0.15) is 0 Å². The lowest BCUT2D eigenvalue weighted by atomic mass is 10.1. The van der Waals surface area contributed by atoms with Gasteiger partial charge in [-0.05, 0) is 23.3 Å². The highest BCUT2D eigenvalue weighted by atomic mass is 35.5. The highest BCUT2D eigenvalue weighted by Crippen LogP contribution is 2.34. The molecule has 0 saturated heterocycles. The Morgan fingerprint density at radius 1 is 1.16 bits per heavy atom. The standard InChI is InChI=1S/C18H16ClN3O2S/c19-16-5-1-14(2-6-16)12-25-18(11-21-10-9-20-13-21)15-3-7-17(8-4-15)22(23)24/h1-10,13,18H,11-12H2. The Bertz CT molecular complexity index is 821. The van der Waals surface area contributed by atoms with Gasteiger partial charge in [0.15, 0.2) is 0 Å². The number of nitro benzene ring substituents is 1. The summed E-state index contributed by atoms with van der Waals surface area (Å²) in [5.41, 5.74) is 2.35. The molecule has 1 heterocycles. The summed E-state index contributed by atoms with van der Waals surface area (Å²) in [6, 6.07) is 14.6. The third-order valence-electron chi connectivity index (χ3n) is 3.78. The van der Waals surface area contributed by atoms with Gasteiger partial charge < -0.3 is 4.57 Å². The molecule has 25 heavy (non-hydrogen) atoms. The summed E-state index contributed by atoms with van der Waals surface area (Å²) >= 11 is 7.72. The van der Waals surface area contributed by atoms with Crippen LogP contribution in [0.25, 0.3) is 0 Å². The van der Waals surface area contributed by atoms with E-state index < -0.39 is 0 Å². The SMILES string of the molecule is O=[N+]([O-])c1ccc(C(Cn2ccnc2)SCc2ccc(Cl)cc2)cc1.